The molecule has 10 heteroatoms. The molecule has 0 saturated heterocycles. The van der Waals surface area contributed by atoms with Crippen LogP contribution in [0.5, 0.6) is 28.7 Å². The molecule has 0 bridgehead atoms. The lowest BCUT2D eigenvalue weighted by molar-refractivity contribution is 0.0727. The van der Waals surface area contributed by atoms with Gasteiger partial charge in [-0.05, 0) is 55.0 Å². The standard InChI is InChI=1S/C25H25N3O7/c1-5-34-20-11-16(14-27-28-24(29)17-7-6-10-26-15-17)8-9-19(20)35-25(30)18-12-21(31-2)23(33-4)22(13-18)32-3/h6-15H,5H2,1-4H3,(H,28,29)/b27-14+. The predicted molar refractivity (Wildman–Crippen MR) is 128 cm³/mol. The molecule has 0 aliphatic rings. The number of aromatic nitrogens is 1. The summed E-state index contributed by atoms with van der Waals surface area (Å²) < 4.78 is 27.1. The minimum Gasteiger partial charge on any atom is -0.493 e. The van der Waals surface area contributed by atoms with Crippen LogP contribution in [0.15, 0.2) is 60.0 Å². The van der Waals surface area contributed by atoms with Gasteiger partial charge in [0.1, 0.15) is 0 Å². The van der Waals surface area contributed by atoms with E-state index in [1.54, 1.807) is 43.5 Å². The Hall–Kier alpha value is -4.60. The first kappa shape index (κ1) is 25.0. The number of nitrogens with one attached hydrogen (secondary N) is 1. The molecule has 0 aliphatic carbocycles. The molecule has 0 atom stereocenters. The summed E-state index contributed by atoms with van der Waals surface area (Å²) in [7, 11) is 4.39. The van der Waals surface area contributed by atoms with Gasteiger partial charge in [0.2, 0.25) is 5.75 Å². The number of carbonyl (C=O) groups excluding carboxylic acids is 2. The molecule has 0 saturated carbocycles. The van der Waals surface area contributed by atoms with Crippen molar-refractivity contribution in [2.24, 2.45) is 5.10 Å². The van der Waals surface area contributed by atoms with Crippen LogP contribution < -0.4 is 29.1 Å². The predicted octanol–water partition coefficient (Wildman–Crippen LogP) is 3.49. The smallest absolute Gasteiger partial charge is 0.343 e. The maximum absolute atomic E-state index is 12.9. The monoisotopic (exact) mass is 479 g/mol. The summed E-state index contributed by atoms with van der Waals surface area (Å²) in [4.78, 5) is 28.8. The Labute approximate surface area is 202 Å². The van der Waals surface area contributed by atoms with Crippen LogP contribution in [0.25, 0.3) is 0 Å². The van der Waals surface area contributed by atoms with E-state index in [1.807, 2.05) is 0 Å². The van der Waals surface area contributed by atoms with Crippen LogP contribution in [-0.4, -0.2) is 51.0 Å². The molecule has 35 heavy (non-hydrogen) atoms. The number of hydrogen-bond donors (Lipinski definition) is 1. The van der Waals surface area contributed by atoms with Crippen molar-refractivity contribution in [1.29, 1.82) is 0 Å². The molecule has 0 fully saturated rings. The molecule has 3 aromatic rings. The topological polar surface area (TPSA) is 118 Å². The van der Waals surface area contributed by atoms with Crippen LogP contribution in [0, 0.1) is 0 Å². The molecule has 182 valence electrons. The number of pyridine rings is 1. The van der Waals surface area contributed by atoms with E-state index in [9.17, 15) is 9.59 Å². The highest BCUT2D eigenvalue weighted by Gasteiger charge is 2.20. The zero-order valence-corrected chi connectivity index (χ0v) is 19.7. The zero-order valence-electron chi connectivity index (χ0n) is 19.7. The fraction of sp³-hybridized carbons (Fsp3) is 0.200. The van der Waals surface area contributed by atoms with Gasteiger partial charge in [-0.3, -0.25) is 9.78 Å². The molecule has 0 aliphatic heterocycles. The second-order valence-corrected chi connectivity index (χ2v) is 6.88. The number of benzene rings is 2. The van der Waals surface area contributed by atoms with Gasteiger partial charge in [-0.25, -0.2) is 10.2 Å². The highest BCUT2D eigenvalue weighted by molar-refractivity contribution is 5.95. The van der Waals surface area contributed by atoms with Crippen molar-refractivity contribution in [2.45, 2.75) is 6.92 Å². The third-order valence-electron chi connectivity index (χ3n) is 4.67. The summed E-state index contributed by atoms with van der Waals surface area (Å²) >= 11 is 0. The molecule has 3 rings (SSSR count). The lowest BCUT2D eigenvalue weighted by Gasteiger charge is -2.15. The van der Waals surface area contributed by atoms with Gasteiger partial charge in [0.25, 0.3) is 5.91 Å². The number of hydrogen-bond acceptors (Lipinski definition) is 9. The van der Waals surface area contributed by atoms with Crippen molar-refractivity contribution < 1.29 is 33.3 Å². The fourth-order valence-electron chi connectivity index (χ4n) is 3.04. The Morgan fingerprint density at radius 2 is 1.69 bits per heavy atom. The van der Waals surface area contributed by atoms with E-state index in [1.165, 1.54) is 45.9 Å². The Morgan fingerprint density at radius 3 is 2.29 bits per heavy atom. The van der Waals surface area contributed by atoms with Crippen molar-refractivity contribution in [2.75, 3.05) is 27.9 Å². The highest BCUT2D eigenvalue weighted by atomic mass is 16.6. The van der Waals surface area contributed by atoms with E-state index < -0.39 is 11.9 Å². The lowest BCUT2D eigenvalue weighted by Crippen LogP contribution is -2.17. The summed E-state index contributed by atoms with van der Waals surface area (Å²) in [5.41, 5.74) is 3.63. The third kappa shape index (κ3) is 6.26. The molecule has 0 spiro atoms. The second kappa shape index (κ2) is 12.0. The number of carbonyl (C=O) groups is 2. The van der Waals surface area contributed by atoms with Gasteiger partial charge in [0.05, 0.1) is 45.3 Å². The second-order valence-electron chi connectivity index (χ2n) is 6.88. The third-order valence-corrected chi connectivity index (χ3v) is 4.67. The summed E-state index contributed by atoms with van der Waals surface area (Å²) in [6, 6.07) is 11.2. The molecule has 1 aromatic heterocycles. The molecule has 0 radical (unpaired) electrons. The number of methoxy groups -OCH3 is 3. The Bertz CT molecular complexity index is 1190. The van der Waals surface area contributed by atoms with Gasteiger partial charge >= 0.3 is 5.97 Å². The minimum absolute atomic E-state index is 0.200. The number of hydrazone groups is 1. The van der Waals surface area contributed by atoms with E-state index in [0.717, 1.165) is 0 Å². The van der Waals surface area contributed by atoms with E-state index in [2.05, 4.69) is 15.5 Å². The number of esters is 1. The number of nitrogens with zero attached hydrogens (tertiary/aromatic N) is 2. The largest absolute Gasteiger partial charge is 0.493 e. The fourth-order valence-corrected chi connectivity index (χ4v) is 3.04. The van der Waals surface area contributed by atoms with E-state index in [4.69, 9.17) is 23.7 Å². The Morgan fingerprint density at radius 1 is 0.943 bits per heavy atom. The molecule has 10 nitrogen and oxygen atoms in total. The average molecular weight is 479 g/mol. The van der Waals surface area contributed by atoms with Crippen molar-refractivity contribution in [1.82, 2.24) is 10.4 Å². The van der Waals surface area contributed by atoms with E-state index in [-0.39, 0.29) is 11.3 Å². The van der Waals surface area contributed by atoms with Gasteiger partial charge in [-0.1, -0.05) is 0 Å². The van der Waals surface area contributed by atoms with Crippen LogP contribution in [0.1, 0.15) is 33.2 Å². The van der Waals surface area contributed by atoms with Crippen molar-refractivity contribution in [3.05, 3.63) is 71.5 Å². The van der Waals surface area contributed by atoms with Gasteiger partial charge < -0.3 is 23.7 Å². The normalized spacial score (nSPS) is 10.5. The SMILES string of the molecule is CCOc1cc(/C=N/NC(=O)c2cccnc2)ccc1OC(=O)c1cc(OC)c(OC)c(OC)c1. The number of rotatable bonds is 10. The summed E-state index contributed by atoms with van der Waals surface area (Å²) in [5.74, 6) is 0.511. The Balaban J connectivity index is 1.78. The van der Waals surface area contributed by atoms with Gasteiger partial charge in [0, 0.05) is 12.4 Å². The van der Waals surface area contributed by atoms with Gasteiger partial charge in [-0.2, -0.15) is 5.10 Å². The quantitative estimate of drug-likeness (QED) is 0.203. The zero-order chi connectivity index (χ0) is 25.2. The summed E-state index contributed by atoms with van der Waals surface area (Å²) in [6.45, 7) is 2.15. The summed E-state index contributed by atoms with van der Waals surface area (Å²) in [6.07, 6.45) is 4.46. The maximum Gasteiger partial charge on any atom is 0.343 e. The first-order chi connectivity index (χ1) is 17.0. The van der Waals surface area contributed by atoms with E-state index in [0.29, 0.717) is 40.7 Å². The van der Waals surface area contributed by atoms with Crippen LogP contribution in [-0.2, 0) is 0 Å². The van der Waals surface area contributed by atoms with Crippen molar-refractivity contribution in [3.63, 3.8) is 0 Å². The highest BCUT2D eigenvalue weighted by Crippen LogP contribution is 2.38. The number of ether oxygens (including phenoxy) is 5. The van der Waals surface area contributed by atoms with Gasteiger partial charge in [0.15, 0.2) is 23.0 Å². The molecular weight excluding hydrogens is 454 g/mol. The molecule has 2 aromatic carbocycles. The van der Waals surface area contributed by atoms with Gasteiger partial charge in [-0.15, -0.1) is 0 Å². The van der Waals surface area contributed by atoms with Crippen LogP contribution in [0.4, 0.5) is 0 Å². The molecule has 1 N–H and O–H groups in total. The molecule has 1 amide bonds. The first-order valence-electron chi connectivity index (χ1n) is 10.5. The van der Waals surface area contributed by atoms with Crippen molar-refractivity contribution >= 4 is 18.1 Å². The van der Waals surface area contributed by atoms with Crippen molar-refractivity contribution in [3.8, 4) is 28.7 Å². The molecular formula is C25H25N3O7. The first-order valence-corrected chi connectivity index (χ1v) is 10.5. The summed E-state index contributed by atoms with van der Waals surface area (Å²) in [5, 5.41) is 3.96. The van der Waals surface area contributed by atoms with E-state index >= 15 is 0 Å². The average Bonchev–Trinajstić information content (AvgIpc) is 2.89. The number of amides is 1. The molecule has 0 unspecified atom stereocenters. The van der Waals surface area contributed by atoms with Crippen LogP contribution >= 0.6 is 0 Å². The maximum atomic E-state index is 12.9. The minimum atomic E-state index is -0.643. The van der Waals surface area contributed by atoms with Crippen LogP contribution in [0.2, 0.25) is 0 Å². The lowest BCUT2D eigenvalue weighted by atomic mass is 10.1. The molecule has 1 heterocycles. The van der Waals surface area contributed by atoms with Crippen LogP contribution in [0.3, 0.4) is 0 Å². The Kier molecular flexibility index (Phi) is 8.60.